The average Bonchev–Trinajstić information content (AvgIpc) is 3.39. The van der Waals surface area contributed by atoms with Crippen LogP contribution in [0, 0.1) is 24.6 Å². The van der Waals surface area contributed by atoms with E-state index in [9.17, 15) is 9.18 Å². The minimum atomic E-state index is -0.852. The standard InChI is InChI=1S/C18H19FN6O.C6H13NO/c1-9-24-14-7-10(12(19)8-15(14)25(9)11-4-5-11)3-6-13(20)16(18(22)26)17(21)23-2;1-8-5-6-3-2-4-7-6/h7-8,11H,4-5,20H2,1-2H3,(H2,21,23)(H2,22,26);6-7H,2-5H2,1H3/b16-13+;. The fourth-order valence-electron chi connectivity index (χ4n) is 3.93. The van der Waals surface area contributed by atoms with Gasteiger partial charge >= 0.3 is 0 Å². The molecule has 0 spiro atoms. The molecule has 2 aromatic rings. The van der Waals surface area contributed by atoms with Crippen LogP contribution in [0.25, 0.3) is 11.0 Å². The predicted octanol–water partition coefficient (Wildman–Crippen LogP) is 1.24. The second kappa shape index (κ2) is 11.1. The van der Waals surface area contributed by atoms with E-state index in [0.717, 1.165) is 30.8 Å². The fraction of sp³-hybridized carbons (Fsp3) is 0.458. The number of nitrogens with zero attached hydrogens (tertiary/aromatic N) is 3. The molecule has 1 saturated carbocycles. The Balaban J connectivity index is 0.000000343. The topological polar surface area (TPSA) is 147 Å². The lowest BCUT2D eigenvalue weighted by atomic mass is 10.1. The number of primary amides is 1. The lowest BCUT2D eigenvalue weighted by molar-refractivity contribution is -0.114. The van der Waals surface area contributed by atoms with Crippen molar-refractivity contribution in [3.63, 3.8) is 0 Å². The van der Waals surface area contributed by atoms with Crippen molar-refractivity contribution in [3.05, 3.63) is 40.6 Å². The van der Waals surface area contributed by atoms with Crippen LogP contribution in [0.5, 0.6) is 0 Å². The molecule has 2 heterocycles. The van der Waals surface area contributed by atoms with Crippen LogP contribution in [0.3, 0.4) is 0 Å². The molecule has 9 nitrogen and oxygen atoms in total. The number of imidazole rings is 1. The highest BCUT2D eigenvalue weighted by Gasteiger charge is 2.27. The second-order valence-electron chi connectivity index (χ2n) is 8.34. The van der Waals surface area contributed by atoms with Crippen LogP contribution in [-0.2, 0) is 9.53 Å². The maximum absolute atomic E-state index is 14.5. The van der Waals surface area contributed by atoms with Gasteiger partial charge in [-0.2, -0.15) is 0 Å². The van der Waals surface area contributed by atoms with Gasteiger partial charge in [-0.15, -0.1) is 0 Å². The third-order valence-corrected chi connectivity index (χ3v) is 5.74. The molecule has 10 heteroatoms. The van der Waals surface area contributed by atoms with E-state index in [-0.39, 0.29) is 22.7 Å². The van der Waals surface area contributed by atoms with Gasteiger partial charge in [0.2, 0.25) is 0 Å². The number of amidine groups is 1. The maximum Gasteiger partial charge on any atom is 0.255 e. The summed E-state index contributed by atoms with van der Waals surface area (Å²) in [6.45, 7) is 3.95. The quantitative estimate of drug-likeness (QED) is 0.224. The number of rotatable bonds is 5. The minimum absolute atomic E-state index is 0.122. The van der Waals surface area contributed by atoms with Crippen molar-refractivity contribution in [3.8, 4) is 11.8 Å². The van der Waals surface area contributed by atoms with E-state index in [4.69, 9.17) is 21.9 Å². The van der Waals surface area contributed by atoms with Gasteiger partial charge in [0, 0.05) is 32.3 Å². The monoisotopic (exact) mass is 469 g/mol. The van der Waals surface area contributed by atoms with Gasteiger partial charge in [-0.05, 0) is 51.1 Å². The zero-order chi connectivity index (χ0) is 24.8. The number of aryl methyl sites for hydroxylation is 1. The van der Waals surface area contributed by atoms with E-state index in [0.29, 0.717) is 17.6 Å². The van der Waals surface area contributed by atoms with Crippen LogP contribution >= 0.6 is 0 Å². The SMILES string of the molecule is CN=C(N)/C(C(N)=O)=C(\N)C#Cc1cc2nc(C)n(C3CC3)c2cc1F.COCC1CCCN1. The normalized spacial score (nSPS) is 18.6. The van der Waals surface area contributed by atoms with Crippen molar-refractivity contribution < 1.29 is 13.9 Å². The van der Waals surface area contributed by atoms with E-state index in [2.05, 4.69) is 27.1 Å². The van der Waals surface area contributed by atoms with E-state index < -0.39 is 11.7 Å². The lowest BCUT2D eigenvalue weighted by Gasteiger charge is -2.05. The molecule has 7 N–H and O–H groups in total. The first-order valence-electron chi connectivity index (χ1n) is 11.2. The largest absolute Gasteiger partial charge is 0.391 e. The van der Waals surface area contributed by atoms with E-state index >= 15 is 0 Å². The van der Waals surface area contributed by atoms with Crippen molar-refractivity contribution in [1.82, 2.24) is 14.9 Å². The zero-order valence-electron chi connectivity index (χ0n) is 19.8. The first kappa shape index (κ1) is 25.2. The molecule has 1 amide bonds. The Hall–Kier alpha value is -3.42. The number of nitrogens with one attached hydrogen (secondary N) is 1. The number of fused-ring (bicyclic) bond motifs is 1. The number of allylic oxidation sites excluding steroid dienone is 1. The highest BCUT2D eigenvalue weighted by Crippen LogP contribution is 2.38. The van der Waals surface area contributed by atoms with Crippen LogP contribution in [0.2, 0.25) is 0 Å². The number of benzene rings is 1. The number of nitrogens with two attached hydrogens (primary N) is 3. The lowest BCUT2D eigenvalue weighted by Crippen LogP contribution is -2.29. The van der Waals surface area contributed by atoms with Crippen molar-refractivity contribution >= 4 is 22.8 Å². The fourth-order valence-corrected chi connectivity index (χ4v) is 3.93. The summed E-state index contributed by atoms with van der Waals surface area (Å²) in [7, 11) is 3.14. The third-order valence-electron chi connectivity index (χ3n) is 5.74. The Morgan fingerprint density at radius 2 is 2.06 bits per heavy atom. The highest BCUT2D eigenvalue weighted by atomic mass is 19.1. The molecule has 0 bridgehead atoms. The van der Waals surface area contributed by atoms with Gasteiger partial charge < -0.3 is 31.8 Å². The van der Waals surface area contributed by atoms with Gasteiger partial charge in [0.15, 0.2) is 0 Å². The van der Waals surface area contributed by atoms with Crippen LogP contribution < -0.4 is 22.5 Å². The molecule has 2 fully saturated rings. The number of carbonyl (C=O) groups is 1. The molecule has 1 aliphatic heterocycles. The Kier molecular flexibility index (Phi) is 8.26. The first-order valence-corrected chi connectivity index (χ1v) is 11.2. The van der Waals surface area contributed by atoms with Gasteiger partial charge in [0.05, 0.1) is 28.9 Å². The number of ether oxygens (including phenoxy) is 1. The highest BCUT2D eigenvalue weighted by molar-refractivity contribution is 6.20. The van der Waals surface area contributed by atoms with Gasteiger partial charge in [0.25, 0.3) is 5.91 Å². The minimum Gasteiger partial charge on any atom is -0.391 e. The summed E-state index contributed by atoms with van der Waals surface area (Å²) < 4.78 is 21.5. The molecule has 1 aromatic heterocycles. The summed E-state index contributed by atoms with van der Waals surface area (Å²) in [6, 6.07) is 4.02. The van der Waals surface area contributed by atoms with Crippen molar-refractivity contribution in [2.45, 2.75) is 44.7 Å². The van der Waals surface area contributed by atoms with E-state index in [1.54, 1.807) is 13.2 Å². The number of hydrogen-bond acceptors (Lipinski definition) is 6. The third kappa shape index (κ3) is 5.92. The molecular weight excluding hydrogens is 437 g/mol. The molecule has 1 aliphatic carbocycles. The zero-order valence-corrected chi connectivity index (χ0v) is 19.8. The molecule has 0 radical (unpaired) electrons. The number of aliphatic imine (C=N–C) groups is 1. The van der Waals surface area contributed by atoms with Gasteiger partial charge in [0.1, 0.15) is 23.1 Å². The van der Waals surface area contributed by atoms with Crippen molar-refractivity contribution in [2.75, 3.05) is 27.3 Å². The predicted molar refractivity (Wildman–Crippen MR) is 130 cm³/mol. The summed E-state index contributed by atoms with van der Waals surface area (Å²) in [5.41, 5.74) is 17.8. The summed E-state index contributed by atoms with van der Waals surface area (Å²) in [4.78, 5) is 19.6. The Labute approximate surface area is 198 Å². The summed E-state index contributed by atoms with van der Waals surface area (Å²) >= 11 is 0. The number of carbonyl (C=O) groups excluding carboxylic acids is 1. The number of aromatic nitrogens is 2. The van der Waals surface area contributed by atoms with Gasteiger partial charge in [-0.1, -0.05) is 5.92 Å². The Morgan fingerprint density at radius 1 is 1.32 bits per heavy atom. The van der Waals surface area contributed by atoms with Crippen LogP contribution in [0.15, 0.2) is 28.4 Å². The van der Waals surface area contributed by atoms with Crippen LogP contribution in [0.4, 0.5) is 4.39 Å². The molecular formula is C24H32FN7O2. The summed E-state index contributed by atoms with van der Waals surface area (Å²) in [6.07, 6.45) is 4.75. The number of hydrogen-bond donors (Lipinski definition) is 4. The van der Waals surface area contributed by atoms with E-state index in [1.165, 1.54) is 32.5 Å². The molecule has 1 saturated heterocycles. The van der Waals surface area contributed by atoms with Crippen molar-refractivity contribution in [1.29, 1.82) is 0 Å². The molecule has 4 rings (SSSR count). The summed E-state index contributed by atoms with van der Waals surface area (Å²) in [5, 5.41) is 3.33. The Morgan fingerprint density at radius 3 is 2.62 bits per heavy atom. The van der Waals surface area contributed by atoms with Gasteiger partial charge in [-0.3, -0.25) is 9.79 Å². The van der Waals surface area contributed by atoms with Crippen LogP contribution in [-0.4, -0.2) is 54.6 Å². The number of amides is 1. The summed E-state index contributed by atoms with van der Waals surface area (Å²) in [5.74, 6) is 4.52. The first-order chi connectivity index (χ1) is 16.3. The number of halogens is 1. The molecule has 34 heavy (non-hydrogen) atoms. The maximum atomic E-state index is 14.5. The van der Waals surface area contributed by atoms with E-state index in [1.807, 2.05) is 11.5 Å². The van der Waals surface area contributed by atoms with Crippen LogP contribution in [0.1, 0.15) is 43.1 Å². The molecule has 182 valence electrons. The second-order valence-corrected chi connectivity index (χ2v) is 8.34. The molecule has 1 atom stereocenters. The average molecular weight is 470 g/mol. The van der Waals surface area contributed by atoms with Crippen molar-refractivity contribution in [2.24, 2.45) is 22.2 Å². The number of methoxy groups -OCH3 is 1. The molecule has 1 aromatic carbocycles. The molecule has 1 unspecified atom stereocenters. The molecule has 2 aliphatic rings. The van der Waals surface area contributed by atoms with Gasteiger partial charge in [-0.25, -0.2) is 9.37 Å². The smallest absolute Gasteiger partial charge is 0.255 e. The Bertz CT molecular complexity index is 1180.